The number of hydrogen-bond acceptors (Lipinski definition) is 4. The number of rotatable bonds is 1. The van der Waals surface area contributed by atoms with Gasteiger partial charge in [-0.05, 0) is 42.8 Å². The fourth-order valence-electron chi connectivity index (χ4n) is 1.27. The average Bonchev–Trinajstić information content (AvgIpc) is 2.23. The molecule has 76 valence electrons. The Labute approximate surface area is 87.4 Å². The standard InChI is InChI=1S/C11H11N3O/c1-7-6-10(13-14-11(7)12)8-2-4-9(15)5-3-8/h2-6,15H,1H3,(H2,12,14). The van der Waals surface area contributed by atoms with E-state index in [0.717, 1.165) is 16.8 Å². The van der Waals surface area contributed by atoms with E-state index in [1.54, 1.807) is 24.3 Å². The van der Waals surface area contributed by atoms with Crippen LogP contribution in [0.4, 0.5) is 5.82 Å². The van der Waals surface area contributed by atoms with Crippen LogP contribution in [-0.4, -0.2) is 15.3 Å². The Bertz CT molecular complexity index is 480. The maximum absolute atomic E-state index is 9.15. The van der Waals surface area contributed by atoms with Crippen molar-refractivity contribution in [1.82, 2.24) is 10.2 Å². The molecule has 2 aromatic rings. The van der Waals surface area contributed by atoms with Crippen molar-refractivity contribution in [2.75, 3.05) is 5.73 Å². The lowest BCUT2D eigenvalue weighted by Crippen LogP contribution is -1.97. The van der Waals surface area contributed by atoms with E-state index in [0.29, 0.717) is 5.82 Å². The van der Waals surface area contributed by atoms with Crippen LogP contribution in [0, 0.1) is 6.92 Å². The Morgan fingerprint density at radius 3 is 2.40 bits per heavy atom. The van der Waals surface area contributed by atoms with E-state index >= 15 is 0 Å². The molecule has 0 aliphatic heterocycles. The van der Waals surface area contributed by atoms with Crippen LogP contribution >= 0.6 is 0 Å². The molecule has 0 radical (unpaired) electrons. The largest absolute Gasteiger partial charge is 0.508 e. The summed E-state index contributed by atoms with van der Waals surface area (Å²) in [6.45, 7) is 1.88. The van der Waals surface area contributed by atoms with Gasteiger partial charge in [0.1, 0.15) is 11.6 Å². The first-order chi connectivity index (χ1) is 7.16. The first-order valence-corrected chi connectivity index (χ1v) is 4.56. The fourth-order valence-corrected chi connectivity index (χ4v) is 1.27. The average molecular weight is 201 g/mol. The van der Waals surface area contributed by atoms with Crippen molar-refractivity contribution >= 4 is 5.82 Å². The maximum atomic E-state index is 9.15. The number of phenolic OH excluding ortho intramolecular Hbond substituents is 1. The normalized spacial score (nSPS) is 10.2. The molecule has 0 fully saturated rings. The van der Waals surface area contributed by atoms with Crippen molar-refractivity contribution < 1.29 is 5.11 Å². The van der Waals surface area contributed by atoms with Crippen molar-refractivity contribution in [2.45, 2.75) is 6.92 Å². The third-order valence-corrected chi connectivity index (χ3v) is 2.19. The summed E-state index contributed by atoms with van der Waals surface area (Å²) in [5.74, 6) is 0.677. The van der Waals surface area contributed by atoms with Gasteiger partial charge in [0.15, 0.2) is 0 Å². The van der Waals surface area contributed by atoms with Crippen LogP contribution in [0.5, 0.6) is 5.75 Å². The van der Waals surface area contributed by atoms with E-state index in [2.05, 4.69) is 10.2 Å². The molecule has 0 amide bonds. The van der Waals surface area contributed by atoms with Crippen LogP contribution in [0.25, 0.3) is 11.3 Å². The van der Waals surface area contributed by atoms with Crippen molar-refractivity contribution in [3.63, 3.8) is 0 Å². The zero-order valence-corrected chi connectivity index (χ0v) is 8.31. The molecule has 1 heterocycles. The maximum Gasteiger partial charge on any atom is 0.149 e. The Morgan fingerprint density at radius 1 is 1.13 bits per heavy atom. The van der Waals surface area contributed by atoms with Crippen molar-refractivity contribution in [3.05, 3.63) is 35.9 Å². The van der Waals surface area contributed by atoms with Gasteiger partial charge in [-0.3, -0.25) is 0 Å². The minimum atomic E-state index is 0.235. The predicted molar refractivity (Wildman–Crippen MR) is 58.3 cm³/mol. The topological polar surface area (TPSA) is 72.0 Å². The molecule has 0 spiro atoms. The summed E-state index contributed by atoms with van der Waals surface area (Å²) in [5.41, 5.74) is 8.13. The van der Waals surface area contributed by atoms with Gasteiger partial charge >= 0.3 is 0 Å². The van der Waals surface area contributed by atoms with Crippen LogP contribution in [-0.2, 0) is 0 Å². The molecule has 1 aromatic heterocycles. The van der Waals surface area contributed by atoms with Gasteiger partial charge in [-0.2, -0.15) is 0 Å². The first kappa shape index (κ1) is 9.45. The molecule has 0 unspecified atom stereocenters. The highest BCUT2D eigenvalue weighted by atomic mass is 16.3. The second-order valence-corrected chi connectivity index (χ2v) is 3.34. The van der Waals surface area contributed by atoms with E-state index in [1.807, 2.05) is 13.0 Å². The second-order valence-electron chi connectivity index (χ2n) is 3.34. The van der Waals surface area contributed by atoms with Gasteiger partial charge in [-0.1, -0.05) is 0 Å². The Balaban J connectivity index is 2.45. The van der Waals surface area contributed by atoms with Gasteiger partial charge in [0.2, 0.25) is 0 Å². The summed E-state index contributed by atoms with van der Waals surface area (Å²) in [6.07, 6.45) is 0. The molecule has 0 saturated heterocycles. The smallest absolute Gasteiger partial charge is 0.149 e. The monoisotopic (exact) mass is 201 g/mol. The van der Waals surface area contributed by atoms with Crippen LogP contribution in [0.3, 0.4) is 0 Å². The highest BCUT2D eigenvalue weighted by Crippen LogP contribution is 2.21. The number of benzene rings is 1. The van der Waals surface area contributed by atoms with E-state index < -0.39 is 0 Å². The van der Waals surface area contributed by atoms with Crippen molar-refractivity contribution in [1.29, 1.82) is 0 Å². The molecule has 0 aliphatic carbocycles. The number of aromatic nitrogens is 2. The number of nitrogen functional groups attached to an aromatic ring is 1. The van der Waals surface area contributed by atoms with Gasteiger partial charge in [-0.25, -0.2) is 0 Å². The molecule has 2 rings (SSSR count). The first-order valence-electron chi connectivity index (χ1n) is 4.56. The van der Waals surface area contributed by atoms with Crippen LogP contribution in [0.2, 0.25) is 0 Å². The van der Waals surface area contributed by atoms with E-state index in [4.69, 9.17) is 10.8 Å². The molecule has 0 atom stereocenters. The van der Waals surface area contributed by atoms with Gasteiger partial charge in [0, 0.05) is 5.56 Å². The SMILES string of the molecule is Cc1cc(-c2ccc(O)cc2)nnc1N. The summed E-state index contributed by atoms with van der Waals surface area (Å²) in [6, 6.07) is 8.67. The molecule has 3 N–H and O–H groups in total. The summed E-state index contributed by atoms with van der Waals surface area (Å²) >= 11 is 0. The van der Waals surface area contributed by atoms with E-state index in [1.165, 1.54) is 0 Å². The van der Waals surface area contributed by atoms with Crippen LogP contribution < -0.4 is 5.73 Å². The summed E-state index contributed by atoms with van der Waals surface area (Å²) in [7, 11) is 0. The number of nitrogens with two attached hydrogens (primary N) is 1. The van der Waals surface area contributed by atoms with Crippen molar-refractivity contribution in [3.8, 4) is 17.0 Å². The minimum absolute atomic E-state index is 0.235. The molecule has 4 nitrogen and oxygen atoms in total. The van der Waals surface area contributed by atoms with Crippen LogP contribution in [0.15, 0.2) is 30.3 Å². The summed E-state index contributed by atoms with van der Waals surface area (Å²) in [5, 5.41) is 17.0. The number of hydrogen-bond donors (Lipinski definition) is 2. The highest BCUT2D eigenvalue weighted by molar-refractivity contribution is 5.61. The predicted octanol–water partition coefficient (Wildman–Crippen LogP) is 1.74. The lowest BCUT2D eigenvalue weighted by atomic mass is 10.1. The molecule has 4 heteroatoms. The Morgan fingerprint density at radius 2 is 1.80 bits per heavy atom. The van der Waals surface area contributed by atoms with Gasteiger partial charge in [-0.15, -0.1) is 10.2 Å². The molecule has 1 aromatic carbocycles. The molecule has 15 heavy (non-hydrogen) atoms. The Kier molecular flexibility index (Phi) is 2.25. The second kappa shape index (κ2) is 3.57. The van der Waals surface area contributed by atoms with Crippen molar-refractivity contribution in [2.24, 2.45) is 0 Å². The quantitative estimate of drug-likeness (QED) is 0.737. The Hall–Kier alpha value is -2.10. The number of aryl methyl sites for hydroxylation is 1. The highest BCUT2D eigenvalue weighted by Gasteiger charge is 2.02. The lowest BCUT2D eigenvalue weighted by Gasteiger charge is -2.02. The number of aromatic hydroxyl groups is 1. The summed E-state index contributed by atoms with van der Waals surface area (Å²) in [4.78, 5) is 0. The molecular formula is C11H11N3O. The van der Waals surface area contributed by atoms with Crippen LogP contribution in [0.1, 0.15) is 5.56 Å². The zero-order valence-electron chi connectivity index (χ0n) is 8.31. The summed E-state index contributed by atoms with van der Waals surface area (Å²) < 4.78 is 0. The van der Waals surface area contributed by atoms with Gasteiger partial charge < -0.3 is 10.8 Å². The number of anilines is 1. The third kappa shape index (κ3) is 1.88. The molecule has 0 bridgehead atoms. The van der Waals surface area contributed by atoms with Gasteiger partial charge in [0.05, 0.1) is 5.69 Å². The molecule has 0 aliphatic rings. The zero-order chi connectivity index (χ0) is 10.8. The number of phenols is 1. The third-order valence-electron chi connectivity index (χ3n) is 2.19. The number of nitrogens with zero attached hydrogens (tertiary/aromatic N) is 2. The van der Waals surface area contributed by atoms with E-state index in [9.17, 15) is 0 Å². The molecular weight excluding hydrogens is 190 g/mol. The minimum Gasteiger partial charge on any atom is -0.508 e. The fraction of sp³-hybridized carbons (Fsp3) is 0.0909. The van der Waals surface area contributed by atoms with Gasteiger partial charge in [0.25, 0.3) is 0 Å². The lowest BCUT2D eigenvalue weighted by molar-refractivity contribution is 0.475. The van der Waals surface area contributed by atoms with E-state index in [-0.39, 0.29) is 5.75 Å². The molecule has 0 saturated carbocycles.